The molecule has 0 bridgehead atoms. The van der Waals surface area contributed by atoms with E-state index in [0.29, 0.717) is 49.1 Å². The molecule has 1 aliphatic rings. The summed E-state index contributed by atoms with van der Waals surface area (Å²) in [6.07, 6.45) is 0. The van der Waals surface area contributed by atoms with Gasteiger partial charge in [-0.25, -0.2) is 9.40 Å². The lowest BCUT2D eigenvalue weighted by atomic mass is 10.1. The molecule has 0 unspecified atom stereocenters. The smallest absolute Gasteiger partial charge is 0.257 e. The minimum Gasteiger partial charge on any atom is -0.353 e. The van der Waals surface area contributed by atoms with Gasteiger partial charge in [0.05, 0.1) is 13.1 Å². The van der Waals surface area contributed by atoms with Crippen molar-refractivity contribution in [3.63, 3.8) is 0 Å². The van der Waals surface area contributed by atoms with Gasteiger partial charge in [0, 0.05) is 44.5 Å². The van der Waals surface area contributed by atoms with Gasteiger partial charge in [0.25, 0.3) is 11.8 Å². The van der Waals surface area contributed by atoms with Crippen LogP contribution in [0.1, 0.15) is 29.4 Å². The molecule has 2 aromatic carbocycles. The zero-order valence-corrected chi connectivity index (χ0v) is 24.7. The number of nitrogens with one attached hydrogen (secondary N) is 2. The molecule has 0 atom stereocenters. The number of hydrogen-bond donors (Lipinski definition) is 2. The number of anilines is 1. The molecule has 2 N–H and O–H groups in total. The third-order valence-electron chi connectivity index (χ3n) is 6.52. The number of likely N-dealkylation sites (N-methyl/N-ethyl adjacent to an activating group) is 2. The molecular weight excluding hydrogens is 560 g/mol. The number of aromatic nitrogens is 2. The highest BCUT2D eigenvalue weighted by Crippen LogP contribution is 2.28. The van der Waals surface area contributed by atoms with Crippen LogP contribution in [0.25, 0.3) is 11.5 Å². The fraction of sp³-hybridized carbons (Fsp3) is 0.407. The van der Waals surface area contributed by atoms with Crippen molar-refractivity contribution in [3.8, 4) is 11.5 Å². The Labute approximate surface area is 246 Å². The summed E-state index contributed by atoms with van der Waals surface area (Å²) in [6.45, 7) is 8.52. The molecule has 1 aromatic heterocycles. The number of halogens is 3. The van der Waals surface area contributed by atoms with Crippen molar-refractivity contribution in [1.29, 1.82) is 0 Å². The number of benzene rings is 2. The number of rotatable bonds is 11. The summed E-state index contributed by atoms with van der Waals surface area (Å²) in [6, 6.07) is 10.3. The number of aryl methyl sites for hydroxylation is 2. The van der Waals surface area contributed by atoms with Crippen LogP contribution in [0.2, 0.25) is 0 Å². The van der Waals surface area contributed by atoms with E-state index in [1.807, 2.05) is 37.1 Å². The number of carbonyl (C=O) groups is 2. The number of hydrazine groups is 1. The molecule has 1 aliphatic heterocycles. The molecule has 10 nitrogen and oxygen atoms in total. The Morgan fingerprint density at radius 2 is 1.80 bits per heavy atom. The third kappa shape index (κ3) is 8.14. The molecule has 0 saturated carbocycles. The van der Waals surface area contributed by atoms with Crippen LogP contribution in [0.4, 0.5) is 10.1 Å². The summed E-state index contributed by atoms with van der Waals surface area (Å²) < 4.78 is 19.0. The Morgan fingerprint density at radius 3 is 2.50 bits per heavy atom. The fourth-order valence-electron chi connectivity index (χ4n) is 4.40. The van der Waals surface area contributed by atoms with Crippen LogP contribution in [0, 0.1) is 19.7 Å². The highest BCUT2D eigenvalue weighted by molar-refractivity contribution is 5.87. The number of nitrogens with zero attached hydrogens (tertiary/aromatic N) is 5. The summed E-state index contributed by atoms with van der Waals surface area (Å²) in [4.78, 5) is 32.4. The normalized spacial score (nSPS) is 12.2. The van der Waals surface area contributed by atoms with E-state index in [-0.39, 0.29) is 55.5 Å². The maximum Gasteiger partial charge on any atom is 0.257 e. The first-order valence-electron chi connectivity index (χ1n) is 12.7. The monoisotopic (exact) mass is 595 g/mol. The van der Waals surface area contributed by atoms with Crippen LogP contribution < -0.4 is 15.5 Å². The summed E-state index contributed by atoms with van der Waals surface area (Å²) in [5.41, 5.74) is 4.15. The topological polar surface area (TPSA) is 107 Å². The maximum absolute atomic E-state index is 13.7. The van der Waals surface area contributed by atoms with Crippen LogP contribution >= 0.6 is 24.8 Å². The first-order chi connectivity index (χ1) is 18.2. The van der Waals surface area contributed by atoms with Crippen molar-refractivity contribution in [2.45, 2.75) is 33.9 Å². The maximum atomic E-state index is 13.7. The average Bonchev–Trinajstić information content (AvgIpc) is 3.52. The Balaban J connectivity index is 0.00000280. The lowest BCUT2D eigenvalue weighted by Gasteiger charge is -2.32. The van der Waals surface area contributed by atoms with Crippen molar-refractivity contribution in [2.75, 3.05) is 44.7 Å². The quantitative estimate of drug-likeness (QED) is 0.325. The van der Waals surface area contributed by atoms with E-state index < -0.39 is 0 Å². The summed E-state index contributed by atoms with van der Waals surface area (Å²) in [5.74, 6) is 0.197. The van der Waals surface area contributed by atoms with Gasteiger partial charge < -0.3 is 20.1 Å². The van der Waals surface area contributed by atoms with Crippen molar-refractivity contribution in [2.24, 2.45) is 0 Å². The fourth-order valence-corrected chi connectivity index (χ4v) is 4.40. The summed E-state index contributed by atoms with van der Waals surface area (Å²) >= 11 is 0. The molecule has 0 radical (unpaired) electrons. The van der Waals surface area contributed by atoms with E-state index in [0.717, 1.165) is 23.2 Å². The van der Waals surface area contributed by atoms with E-state index in [9.17, 15) is 14.0 Å². The second-order valence-corrected chi connectivity index (χ2v) is 9.36. The molecule has 3 aromatic rings. The SMILES string of the molecule is CCNCCNC(=O)CN(CC(=O)N(C)N1Cc2ccc(F)cc2C1)c1cc(-c2nc(C)no2)ccc1C.Cl.Cl. The predicted molar refractivity (Wildman–Crippen MR) is 156 cm³/mol. The minimum absolute atomic E-state index is 0. The molecule has 0 spiro atoms. The molecule has 218 valence electrons. The summed E-state index contributed by atoms with van der Waals surface area (Å²) in [7, 11) is 1.70. The Morgan fingerprint density at radius 1 is 1.05 bits per heavy atom. The number of amides is 2. The largest absolute Gasteiger partial charge is 0.353 e. The van der Waals surface area contributed by atoms with E-state index in [4.69, 9.17) is 4.52 Å². The van der Waals surface area contributed by atoms with Crippen LogP contribution in [0.15, 0.2) is 40.9 Å². The van der Waals surface area contributed by atoms with Gasteiger partial charge in [-0.05, 0) is 61.3 Å². The van der Waals surface area contributed by atoms with Gasteiger partial charge in [-0.3, -0.25) is 14.6 Å². The first-order valence-corrected chi connectivity index (χ1v) is 12.7. The van der Waals surface area contributed by atoms with Crippen molar-refractivity contribution in [1.82, 2.24) is 30.8 Å². The van der Waals surface area contributed by atoms with Gasteiger partial charge in [-0.2, -0.15) is 4.98 Å². The third-order valence-corrected chi connectivity index (χ3v) is 6.52. The molecule has 13 heteroatoms. The van der Waals surface area contributed by atoms with Gasteiger partial charge in [-0.15, -0.1) is 24.8 Å². The highest BCUT2D eigenvalue weighted by atomic mass is 35.5. The number of carbonyl (C=O) groups excluding carboxylic acids is 2. The van der Waals surface area contributed by atoms with Gasteiger partial charge in [0.1, 0.15) is 5.82 Å². The molecule has 2 amide bonds. The van der Waals surface area contributed by atoms with Crippen LogP contribution in [0.3, 0.4) is 0 Å². The molecule has 2 heterocycles. The average molecular weight is 597 g/mol. The zero-order chi connectivity index (χ0) is 27.2. The standard InChI is InChI=1S/C27H34FN7O3.2ClH/c1-5-29-10-11-30-25(36)16-34(24-13-20(7-6-18(24)2)27-31-19(3)32-38-27)17-26(37)33(4)35-14-21-8-9-23(28)12-22(21)15-35;;/h6-9,12-13,29H,5,10-11,14-17H2,1-4H3,(H,30,36);2*1H. The van der Waals surface area contributed by atoms with Gasteiger partial charge >= 0.3 is 0 Å². The summed E-state index contributed by atoms with van der Waals surface area (Å²) in [5, 5.41) is 13.4. The second-order valence-electron chi connectivity index (χ2n) is 9.36. The molecule has 4 rings (SSSR count). The van der Waals surface area contributed by atoms with Crippen molar-refractivity contribution < 1.29 is 18.5 Å². The van der Waals surface area contributed by atoms with Gasteiger partial charge in [-0.1, -0.05) is 24.2 Å². The molecule has 0 aliphatic carbocycles. The molecular formula is C27H36Cl2FN7O3. The molecule has 0 fully saturated rings. The predicted octanol–water partition coefficient (Wildman–Crippen LogP) is 3.26. The van der Waals surface area contributed by atoms with Crippen molar-refractivity contribution in [3.05, 3.63) is 64.7 Å². The van der Waals surface area contributed by atoms with Gasteiger partial charge in [0.15, 0.2) is 5.82 Å². The highest BCUT2D eigenvalue weighted by Gasteiger charge is 2.27. The van der Waals surface area contributed by atoms with Crippen molar-refractivity contribution >= 4 is 42.3 Å². The Kier molecular flexibility index (Phi) is 12.3. The van der Waals surface area contributed by atoms with Crippen LogP contribution in [-0.4, -0.2) is 71.7 Å². The molecule has 0 saturated heterocycles. The lowest BCUT2D eigenvalue weighted by molar-refractivity contribution is -0.145. The van der Waals surface area contributed by atoms with E-state index in [1.54, 1.807) is 29.9 Å². The minimum atomic E-state index is -0.294. The van der Waals surface area contributed by atoms with E-state index in [1.165, 1.54) is 12.1 Å². The number of hydrogen-bond acceptors (Lipinski definition) is 8. The number of fused-ring (bicyclic) bond motifs is 1. The first kappa shape index (κ1) is 33.0. The van der Waals surface area contributed by atoms with Gasteiger partial charge in [0.2, 0.25) is 5.91 Å². The van der Waals surface area contributed by atoms with Crippen LogP contribution in [-0.2, 0) is 22.7 Å². The Bertz CT molecular complexity index is 1310. The Hall–Kier alpha value is -3.25. The van der Waals surface area contributed by atoms with E-state index >= 15 is 0 Å². The lowest BCUT2D eigenvalue weighted by Crippen LogP contribution is -2.48. The van der Waals surface area contributed by atoms with E-state index in [2.05, 4.69) is 20.8 Å². The second kappa shape index (κ2) is 14.9. The molecule has 40 heavy (non-hydrogen) atoms. The zero-order valence-electron chi connectivity index (χ0n) is 23.1. The van der Waals surface area contributed by atoms with Crippen LogP contribution in [0.5, 0.6) is 0 Å².